The van der Waals surface area contributed by atoms with Crippen molar-refractivity contribution in [3.8, 4) is 0 Å². The van der Waals surface area contributed by atoms with E-state index in [1.54, 1.807) is 0 Å². The van der Waals surface area contributed by atoms with Crippen LogP contribution >= 0.6 is 15.9 Å². The summed E-state index contributed by atoms with van der Waals surface area (Å²) < 4.78 is 16.7. The van der Waals surface area contributed by atoms with Crippen molar-refractivity contribution in [2.45, 2.75) is 6.04 Å². The van der Waals surface area contributed by atoms with Crippen molar-refractivity contribution in [3.63, 3.8) is 0 Å². The van der Waals surface area contributed by atoms with Crippen molar-refractivity contribution in [3.05, 3.63) is 100 Å². The Morgan fingerprint density at radius 2 is 1.67 bits per heavy atom. The molecular formula is C22H15BrFN3. The van der Waals surface area contributed by atoms with Gasteiger partial charge in [-0.15, -0.1) is 0 Å². The number of nitrogens with zero attached hydrogens (tertiary/aromatic N) is 2. The van der Waals surface area contributed by atoms with Crippen LogP contribution in [0.1, 0.15) is 17.2 Å². The van der Waals surface area contributed by atoms with Crippen LogP contribution in [0.15, 0.2) is 83.3 Å². The standard InChI is InChI=1S/C22H15BrFN3/c23-16-9-5-14(6-10-16)19-13-21(15-7-11-17(24)12-8-15)27-20-4-2-1-3-18(20)25-22(27)26-19/h1-13,21H,(H,25,26)/t21-/m0/s1. The molecule has 5 rings (SSSR count). The highest BCUT2D eigenvalue weighted by molar-refractivity contribution is 9.10. The highest BCUT2D eigenvalue weighted by Gasteiger charge is 2.25. The molecule has 0 unspecified atom stereocenters. The van der Waals surface area contributed by atoms with E-state index in [0.29, 0.717) is 0 Å². The molecule has 0 aliphatic carbocycles. The molecule has 0 saturated heterocycles. The normalized spacial score (nSPS) is 15.9. The number of allylic oxidation sites excluding steroid dienone is 1. The van der Waals surface area contributed by atoms with E-state index in [-0.39, 0.29) is 11.9 Å². The van der Waals surface area contributed by atoms with Gasteiger partial charge in [-0.3, -0.25) is 4.57 Å². The fraction of sp³-hybridized carbons (Fsp3) is 0.0455. The van der Waals surface area contributed by atoms with E-state index in [1.165, 1.54) is 12.1 Å². The van der Waals surface area contributed by atoms with Gasteiger partial charge in [-0.05, 0) is 53.6 Å². The van der Waals surface area contributed by atoms with Crippen LogP contribution < -0.4 is 5.32 Å². The van der Waals surface area contributed by atoms with Gasteiger partial charge < -0.3 is 5.32 Å². The third-order valence-electron chi connectivity index (χ3n) is 4.81. The second-order valence-corrected chi connectivity index (χ2v) is 7.42. The number of hydrogen-bond acceptors (Lipinski definition) is 2. The first-order chi connectivity index (χ1) is 13.2. The zero-order valence-electron chi connectivity index (χ0n) is 14.2. The van der Waals surface area contributed by atoms with E-state index in [2.05, 4.69) is 50.1 Å². The number of aromatic nitrogens is 2. The maximum atomic E-state index is 13.5. The van der Waals surface area contributed by atoms with Gasteiger partial charge in [0, 0.05) is 10.2 Å². The van der Waals surface area contributed by atoms with Crippen molar-refractivity contribution in [1.82, 2.24) is 9.55 Å². The van der Waals surface area contributed by atoms with Crippen molar-refractivity contribution >= 4 is 38.6 Å². The Morgan fingerprint density at radius 3 is 2.44 bits per heavy atom. The average molecular weight is 420 g/mol. The lowest BCUT2D eigenvalue weighted by Gasteiger charge is -2.26. The quantitative estimate of drug-likeness (QED) is 0.432. The Hall–Kier alpha value is -2.92. The maximum absolute atomic E-state index is 13.5. The van der Waals surface area contributed by atoms with Crippen LogP contribution in [0.25, 0.3) is 16.7 Å². The van der Waals surface area contributed by atoms with Crippen LogP contribution in [0.4, 0.5) is 10.3 Å². The molecule has 1 atom stereocenters. The second-order valence-electron chi connectivity index (χ2n) is 6.50. The number of nitrogens with one attached hydrogen (secondary N) is 1. The Kier molecular flexibility index (Phi) is 3.83. The zero-order chi connectivity index (χ0) is 18.4. The van der Waals surface area contributed by atoms with E-state index >= 15 is 0 Å². The predicted molar refractivity (Wildman–Crippen MR) is 110 cm³/mol. The molecule has 0 saturated carbocycles. The highest BCUT2D eigenvalue weighted by Crippen LogP contribution is 2.37. The van der Waals surface area contributed by atoms with Gasteiger partial charge in [0.15, 0.2) is 0 Å². The summed E-state index contributed by atoms with van der Waals surface area (Å²) in [5, 5.41) is 3.46. The van der Waals surface area contributed by atoms with Gasteiger partial charge in [0.1, 0.15) is 5.82 Å². The van der Waals surface area contributed by atoms with Crippen molar-refractivity contribution in [2.24, 2.45) is 0 Å². The number of benzene rings is 3. The van der Waals surface area contributed by atoms with E-state index in [9.17, 15) is 4.39 Å². The van der Waals surface area contributed by atoms with Gasteiger partial charge in [-0.25, -0.2) is 9.37 Å². The molecule has 0 bridgehead atoms. The number of imidazole rings is 1. The summed E-state index contributed by atoms with van der Waals surface area (Å²) in [6.45, 7) is 0. The fourth-order valence-electron chi connectivity index (χ4n) is 3.51. The summed E-state index contributed by atoms with van der Waals surface area (Å²) in [5.41, 5.74) is 5.04. The monoisotopic (exact) mass is 419 g/mol. The Labute approximate surface area is 164 Å². The van der Waals surface area contributed by atoms with Crippen molar-refractivity contribution in [1.29, 1.82) is 0 Å². The molecule has 3 nitrogen and oxygen atoms in total. The van der Waals surface area contributed by atoms with Gasteiger partial charge in [-0.2, -0.15) is 0 Å². The molecule has 27 heavy (non-hydrogen) atoms. The Bertz CT molecular complexity index is 1160. The van der Waals surface area contributed by atoms with E-state index in [4.69, 9.17) is 4.98 Å². The Balaban J connectivity index is 1.71. The third-order valence-corrected chi connectivity index (χ3v) is 5.34. The minimum Gasteiger partial charge on any atom is -0.325 e. The van der Waals surface area contributed by atoms with Crippen LogP contribution in [0.3, 0.4) is 0 Å². The molecule has 0 amide bonds. The number of rotatable bonds is 2. The Morgan fingerprint density at radius 1 is 0.926 bits per heavy atom. The largest absolute Gasteiger partial charge is 0.325 e. The topological polar surface area (TPSA) is 29.9 Å². The summed E-state index contributed by atoms with van der Waals surface area (Å²) in [6.07, 6.45) is 2.16. The molecule has 0 radical (unpaired) electrons. The van der Waals surface area contributed by atoms with E-state index < -0.39 is 0 Å². The molecule has 2 heterocycles. The average Bonchev–Trinajstić information content (AvgIpc) is 3.07. The number of anilines is 1. The maximum Gasteiger partial charge on any atom is 0.209 e. The SMILES string of the molecule is Fc1ccc([C@@H]2C=C(c3ccc(Br)cc3)Nc3nc4ccccc4n32)cc1. The minimum absolute atomic E-state index is 0.0760. The van der Waals surface area contributed by atoms with Crippen LogP contribution in [0.5, 0.6) is 0 Å². The van der Waals surface area contributed by atoms with Crippen LogP contribution in [0.2, 0.25) is 0 Å². The van der Waals surface area contributed by atoms with Gasteiger partial charge in [-0.1, -0.05) is 52.3 Å². The highest BCUT2D eigenvalue weighted by atomic mass is 79.9. The second kappa shape index (κ2) is 6.35. The predicted octanol–water partition coefficient (Wildman–Crippen LogP) is 5.99. The number of halogens is 2. The number of hydrogen-bond donors (Lipinski definition) is 1. The summed E-state index contributed by atoms with van der Waals surface area (Å²) in [5.74, 6) is 0.548. The first-order valence-electron chi connectivity index (χ1n) is 8.66. The van der Waals surface area contributed by atoms with Gasteiger partial charge >= 0.3 is 0 Å². The summed E-state index contributed by atoms with van der Waals surface area (Å²) in [6, 6.07) is 22.8. The lowest BCUT2D eigenvalue weighted by Crippen LogP contribution is -2.19. The summed E-state index contributed by atoms with van der Waals surface area (Å²) in [7, 11) is 0. The lowest BCUT2D eigenvalue weighted by atomic mass is 10.0. The van der Waals surface area contributed by atoms with Crippen molar-refractivity contribution < 1.29 is 4.39 Å². The summed E-state index contributed by atoms with van der Waals surface area (Å²) >= 11 is 3.48. The zero-order valence-corrected chi connectivity index (χ0v) is 15.8. The smallest absolute Gasteiger partial charge is 0.209 e. The van der Waals surface area contributed by atoms with Crippen LogP contribution in [-0.2, 0) is 0 Å². The van der Waals surface area contributed by atoms with Crippen LogP contribution in [-0.4, -0.2) is 9.55 Å². The van der Waals surface area contributed by atoms with Gasteiger partial charge in [0.2, 0.25) is 5.95 Å². The molecule has 0 spiro atoms. The third kappa shape index (κ3) is 2.84. The first kappa shape index (κ1) is 16.3. The molecule has 5 heteroatoms. The molecule has 1 aliphatic rings. The molecule has 1 aliphatic heterocycles. The molecule has 4 aromatic rings. The molecule has 1 N–H and O–H groups in total. The first-order valence-corrected chi connectivity index (χ1v) is 9.45. The molecule has 0 fully saturated rings. The molecule has 132 valence electrons. The molecule has 1 aromatic heterocycles. The van der Waals surface area contributed by atoms with Crippen LogP contribution in [0, 0.1) is 5.82 Å². The lowest BCUT2D eigenvalue weighted by molar-refractivity contribution is 0.624. The summed E-state index contributed by atoms with van der Waals surface area (Å²) in [4.78, 5) is 4.77. The molecule has 3 aromatic carbocycles. The number of para-hydroxylation sites is 2. The minimum atomic E-state index is -0.236. The van der Waals surface area contributed by atoms with Gasteiger partial charge in [0.05, 0.1) is 17.1 Å². The number of fused-ring (bicyclic) bond motifs is 3. The van der Waals surface area contributed by atoms with Gasteiger partial charge in [0.25, 0.3) is 0 Å². The van der Waals surface area contributed by atoms with E-state index in [1.807, 2.05) is 42.5 Å². The van der Waals surface area contributed by atoms with E-state index in [0.717, 1.165) is 38.3 Å². The van der Waals surface area contributed by atoms with Crippen molar-refractivity contribution in [2.75, 3.05) is 5.32 Å². The fourth-order valence-corrected chi connectivity index (χ4v) is 3.78. The molecular weight excluding hydrogens is 405 g/mol.